The molecule has 1 aromatic rings. The maximum atomic E-state index is 9.26. The Bertz CT molecular complexity index is 461. The number of likely N-dealkylation sites (N-methyl/N-ethyl adjacent to an activating group) is 1. The van der Waals surface area contributed by atoms with Crippen molar-refractivity contribution < 1.29 is 9.84 Å². The molecule has 0 unspecified atom stereocenters. The van der Waals surface area contributed by atoms with Crippen LogP contribution >= 0.6 is 12.2 Å². The molecule has 5 heteroatoms. The van der Waals surface area contributed by atoms with Crippen LogP contribution in [0, 0.1) is 5.92 Å². The molecule has 0 radical (unpaired) electrons. The predicted octanol–water partition coefficient (Wildman–Crippen LogP) is 1.40. The Morgan fingerprint density at radius 3 is 2.90 bits per heavy atom. The Kier molecular flexibility index (Phi) is 5.34. The second-order valence-corrected chi connectivity index (χ2v) is 5.93. The highest BCUT2D eigenvalue weighted by Gasteiger charge is 2.27. The summed E-state index contributed by atoms with van der Waals surface area (Å²) < 4.78 is 5.72. The first-order valence-electron chi connectivity index (χ1n) is 6.94. The van der Waals surface area contributed by atoms with Gasteiger partial charge in [-0.3, -0.25) is 0 Å². The van der Waals surface area contributed by atoms with Gasteiger partial charge < -0.3 is 20.5 Å². The standard InChI is InChI=1S/C15H22N2O2S/c1-17(10-11-7-13(18)8-11)5-6-19-14-4-2-3-12(9-14)15(16)20/h2-4,9,11,13,18H,5-8,10H2,1H3,(H2,16,20). The predicted molar refractivity (Wildman–Crippen MR) is 84.1 cm³/mol. The van der Waals surface area contributed by atoms with Crippen molar-refractivity contribution in [3.05, 3.63) is 29.8 Å². The van der Waals surface area contributed by atoms with E-state index in [1.165, 1.54) is 0 Å². The highest BCUT2D eigenvalue weighted by molar-refractivity contribution is 7.80. The number of thiocarbonyl (C=S) groups is 1. The summed E-state index contributed by atoms with van der Waals surface area (Å²) in [5.74, 6) is 1.43. The molecular formula is C15H22N2O2S. The Hall–Kier alpha value is -1.17. The molecule has 1 aliphatic carbocycles. The third kappa shape index (κ3) is 4.44. The molecule has 0 aromatic heterocycles. The highest BCUT2D eigenvalue weighted by Crippen LogP contribution is 2.27. The van der Waals surface area contributed by atoms with Crippen LogP contribution in [0.25, 0.3) is 0 Å². The summed E-state index contributed by atoms with van der Waals surface area (Å²) in [6.45, 7) is 2.52. The van der Waals surface area contributed by atoms with Crippen molar-refractivity contribution in [2.75, 3.05) is 26.7 Å². The highest BCUT2D eigenvalue weighted by atomic mass is 32.1. The second kappa shape index (κ2) is 7.02. The molecule has 20 heavy (non-hydrogen) atoms. The summed E-state index contributed by atoms with van der Waals surface area (Å²) in [7, 11) is 2.08. The van der Waals surface area contributed by atoms with Crippen molar-refractivity contribution in [2.45, 2.75) is 18.9 Å². The first-order valence-corrected chi connectivity index (χ1v) is 7.34. The van der Waals surface area contributed by atoms with Crippen molar-refractivity contribution in [3.63, 3.8) is 0 Å². The van der Waals surface area contributed by atoms with Gasteiger partial charge in [0.15, 0.2) is 0 Å². The van der Waals surface area contributed by atoms with Crippen LogP contribution in [0.3, 0.4) is 0 Å². The molecule has 0 spiro atoms. The summed E-state index contributed by atoms with van der Waals surface area (Å²) in [5, 5.41) is 9.26. The maximum absolute atomic E-state index is 9.26. The maximum Gasteiger partial charge on any atom is 0.120 e. The Balaban J connectivity index is 1.69. The van der Waals surface area contributed by atoms with E-state index in [9.17, 15) is 5.11 Å². The lowest BCUT2D eigenvalue weighted by atomic mass is 9.82. The van der Waals surface area contributed by atoms with Crippen molar-refractivity contribution in [2.24, 2.45) is 11.7 Å². The number of rotatable bonds is 7. The van der Waals surface area contributed by atoms with E-state index in [0.717, 1.165) is 37.2 Å². The van der Waals surface area contributed by atoms with Crippen LogP contribution in [0.1, 0.15) is 18.4 Å². The summed E-state index contributed by atoms with van der Waals surface area (Å²) in [4.78, 5) is 2.63. The smallest absolute Gasteiger partial charge is 0.120 e. The Morgan fingerprint density at radius 1 is 1.50 bits per heavy atom. The molecule has 110 valence electrons. The van der Waals surface area contributed by atoms with E-state index in [0.29, 0.717) is 17.5 Å². The van der Waals surface area contributed by atoms with Gasteiger partial charge in [0.25, 0.3) is 0 Å². The number of nitrogens with two attached hydrogens (primary N) is 1. The molecule has 4 nitrogen and oxygen atoms in total. The molecule has 1 saturated carbocycles. The van der Waals surface area contributed by atoms with Crippen LogP contribution in [0.4, 0.5) is 0 Å². The van der Waals surface area contributed by atoms with Gasteiger partial charge in [0.2, 0.25) is 0 Å². The van der Waals surface area contributed by atoms with Gasteiger partial charge in [0.05, 0.1) is 6.10 Å². The van der Waals surface area contributed by atoms with Gasteiger partial charge in [0.1, 0.15) is 17.3 Å². The average Bonchev–Trinajstić information content (AvgIpc) is 2.37. The van der Waals surface area contributed by atoms with Crippen LogP contribution in [0.15, 0.2) is 24.3 Å². The Morgan fingerprint density at radius 2 is 2.25 bits per heavy atom. The van der Waals surface area contributed by atoms with Gasteiger partial charge in [-0.25, -0.2) is 0 Å². The van der Waals surface area contributed by atoms with E-state index < -0.39 is 0 Å². The summed E-state index contributed by atoms with van der Waals surface area (Å²) in [6, 6.07) is 7.54. The third-order valence-corrected chi connectivity index (χ3v) is 3.88. The molecule has 0 amide bonds. The van der Waals surface area contributed by atoms with E-state index in [-0.39, 0.29) is 6.10 Å². The summed E-state index contributed by atoms with van der Waals surface area (Å²) in [5.41, 5.74) is 6.42. The first-order chi connectivity index (χ1) is 9.54. The van der Waals surface area contributed by atoms with E-state index in [1.807, 2.05) is 24.3 Å². The normalized spacial score (nSPS) is 21.6. The van der Waals surface area contributed by atoms with Crippen molar-refractivity contribution >= 4 is 17.2 Å². The summed E-state index contributed by atoms with van der Waals surface area (Å²) in [6.07, 6.45) is 1.79. The third-order valence-electron chi connectivity index (χ3n) is 3.64. The van der Waals surface area contributed by atoms with E-state index in [1.54, 1.807) is 0 Å². The molecule has 0 saturated heterocycles. The second-order valence-electron chi connectivity index (χ2n) is 5.49. The van der Waals surface area contributed by atoms with Crippen LogP contribution in [0.5, 0.6) is 5.75 Å². The zero-order valence-corrected chi connectivity index (χ0v) is 12.6. The topological polar surface area (TPSA) is 58.7 Å². The molecule has 0 bridgehead atoms. The van der Waals surface area contributed by atoms with Crippen LogP contribution < -0.4 is 10.5 Å². The first kappa shape index (κ1) is 15.2. The van der Waals surface area contributed by atoms with Crippen molar-refractivity contribution in [1.82, 2.24) is 4.90 Å². The molecule has 0 atom stereocenters. The SMILES string of the molecule is CN(CCOc1cccc(C(N)=S)c1)CC1CC(O)C1. The van der Waals surface area contributed by atoms with Gasteiger partial charge in [-0.15, -0.1) is 0 Å². The van der Waals surface area contributed by atoms with Gasteiger partial charge in [-0.05, 0) is 37.9 Å². The number of benzene rings is 1. The van der Waals surface area contributed by atoms with Crippen LogP contribution in [-0.2, 0) is 0 Å². The largest absolute Gasteiger partial charge is 0.492 e. The number of aliphatic hydroxyl groups is 1. The minimum absolute atomic E-state index is 0.0764. The fraction of sp³-hybridized carbons (Fsp3) is 0.533. The number of ether oxygens (including phenoxy) is 1. The quantitative estimate of drug-likeness (QED) is 0.745. The molecule has 1 aliphatic rings. The zero-order chi connectivity index (χ0) is 14.5. The minimum Gasteiger partial charge on any atom is -0.492 e. The Labute approximate surface area is 125 Å². The minimum atomic E-state index is -0.0764. The molecule has 1 fully saturated rings. The zero-order valence-electron chi connectivity index (χ0n) is 11.8. The van der Waals surface area contributed by atoms with E-state index >= 15 is 0 Å². The molecule has 0 heterocycles. The fourth-order valence-electron chi connectivity index (χ4n) is 2.44. The lowest BCUT2D eigenvalue weighted by molar-refractivity contribution is 0.0269. The van der Waals surface area contributed by atoms with Gasteiger partial charge in [-0.2, -0.15) is 0 Å². The van der Waals surface area contributed by atoms with Gasteiger partial charge >= 0.3 is 0 Å². The van der Waals surface area contributed by atoms with Crippen LogP contribution in [0.2, 0.25) is 0 Å². The lowest BCUT2D eigenvalue weighted by Crippen LogP contribution is -2.38. The molecular weight excluding hydrogens is 272 g/mol. The van der Waals surface area contributed by atoms with Gasteiger partial charge in [-0.1, -0.05) is 24.4 Å². The number of nitrogens with zero attached hydrogens (tertiary/aromatic N) is 1. The monoisotopic (exact) mass is 294 g/mol. The molecule has 1 aromatic carbocycles. The van der Waals surface area contributed by atoms with Gasteiger partial charge in [0, 0.05) is 18.7 Å². The molecule has 0 aliphatic heterocycles. The fourth-order valence-corrected chi connectivity index (χ4v) is 2.57. The molecule has 2 rings (SSSR count). The number of hydrogen-bond acceptors (Lipinski definition) is 4. The molecule has 3 N–H and O–H groups in total. The van der Waals surface area contributed by atoms with Crippen molar-refractivity contribution in [3.8, 4) is 5.75 Å². The number of hydrogen-bond donors (Lipinski definition) is 2. The summed E-state index contributed by atoms with van der Waals surface area (Å²) >= 11 is 4.95. The number of aliphatic hydroxyl groups excluding tert-OH is 1. The lowest BCUT2D eigenvalue weighted by Gasteiger charge is -2.34. The van der Waals surface area contributed by atoms with Crippen molar-refractivity contribution in [1.29, 1.82) is 0 Å². The van der Waals surface area contributed by atoms with Crippen LogP contribution in [-0.4, -0.2) is 47.8 Å². The van der Waals surface area contributed by atoms with E-state index in [2.05, 4.69) is 11.9 Å². The average molecular weight is 294 g/mol. The van der Waals surface area contributed by atoms with E-state index in [4.69, 9.17) is 22.7 Å².